The smallest absolute Gasteiger partial charge is 0.175 e. The van der Waals surface area contributed by atoms with Crippen molar-refractivity contribution in [1.82, 2.24) is 5.32 Å². The van der Waals surface area contributed by atoms with Crippen LogP contribution in [-0.2, 0) is 13.2 Å². The second-order valence-corrected chi connectivity index (χ2v) is 7.24. The molecule has 0 radical (unpaired) electrons. The van der Waals surface area contributed by atoms with E-state index in [0.717, 1.165) is 35.1 Å². The molecular formula is C20H26BrClFNO2. The summed E-state index contributed by atoms with van der Waals surface area (Å²) in [6, 6.07) is 10.3. The molecule has 0 heterocycles. The molecule has 2 aromatic carbocycles. The summed E-state index contributed by atoms with van der Waals surface area (Å²) in [5, 5.41) is 3.44. The van der Waals surface area contributed by atoms with Crippen molar-refractivity contribution in [1.29, 1.82) is 0 Å². The van der Waals surface area contributed by atoms with Crippen molar-refractivity contribution < 1.29 is 13.9 Å². The minimum Gasteiger partial charge on any atom is -0.493 e. The number of benzene rings is 2. The lowest BCUT2D eigenvalue weighted by Gasteiger charge is -2.15. The zero-order valence-electron chi connectivity index (χ0n) is 15.4. The molecule has 0 spiro atoms. The van der Waals surface area contributed by atoms with Gasteiger partial charge in [0.15, 0.2) is 11.5 Å². The predicted octanol–water partition coefficient (Wildman–Crippen LogP) is 5.73. The van der Waals surface area contributed by atoms with Gasteiger partial charge in [0.1, 0.15) is 12.4 Å². The third kappa shape index (κ3) is 7.14. The Balaban J connectivity index is 0.00000338. The minimum atomic E-state index is -0.253. The molecule has 0 atom stereocenters. The van der Waals surface area contributed by atoms with Gasteiger partial charge in [0.2, 0.25) is 0 Å². The van der Waals surface area contributed by atoms with Gasteiger partial charge in [-0.25, -0.2) is 4.39 Å². The molecule has 1 N–H and O–H groups in total. The van der Waals surface area contributed by atoms with Gasteiger partial charge >= 0.3 is 0 Å². The average molecular weight is 447 g/mol. The summed E-state index contributed by atoms with van der Waals surface area (Å²) in [5.41, 5.74) is 2.02. The third-order valence-electron chi connectivity index (χ3n) is 3.81. The maximum Gasteiger partial charge on any atom is 0.175 e. The fraction of sp³-hybridized carbons (Fsp3) is 0.400. The first-order chi connectivity index (χ1) is 12.0. The van der Waals surface area contributed by atoms with Gasteiger partial charge in [0, 0.05) is 6.54 Å². The van der Waals surface area contributed by atoms with Crippen LogP contribution >= 0.6 is 28.3 Å². The summed E-state index contributed by atoms with van der Waals surface area (Å²) >= 11 is 3.56. The van der Waals surface area contributed by atoms with E-state index >= 15 is 0 Å². The minimum absolute atomic E-state index is 0. The van der Waals surface area contributed by atoms with Gasteiger partial charge in [0.25, 0.3) is 0 Å². The van der Waals surface area contributed by atoms with Gasteiger partial charge in [0.05, 0.1) is 11.6 Å². The van der Waals surface area contributed by atoms with Crippen LogP contribution in [0.25, 0.3) is 0 Å². The van der Waals surface area contributed by atoms with Gasteiger partial charge in [-0.3, -0.25) is 0 Å². The van der Waals surface area contributed by atoms with Crippen LogP contribution < -0.4 is 14.8 Å². The molecule has 26 heavy (non-hydrogen) atoms. The molecular weight excluding hydrogens is 421 g/mol. The number of hydrogen-bond donors (Lipinski definition) is 1. The van der Waals surface area contributed by atoms with Gasteiger partial charge in [-0.1, -0.05) is 26.0 Å². The van der Waals surface area contributed by atoms with E-state index in [4.69, 9.17) is 9.47 Å². The van der Waals surface area contributed by atoms with Crippen LogP contribution in [0, 0.1) is 11.7 Å². The first-order valence-corrected chi connectivity index (χ1v) is 9.23. The summed E-state index contributed by atoms with van der Waals surface area (Å²) in [5.74, 6) is 1.77. The summed E-state index contributed by atoms with van der Waals surface area (Å²) in [6.07, 6.45) is 1.15. The topological polar surface area (TPSA) is 30.5 Å². The van der Waals surface area contributed by atoms with Crippen LogP contribution in [0.5, 0.6) is 11.5 Å². The molecule has 0 amide bonds. The highest BCUT2D eigenvalue weighted by Gasteiger charge is 2.12. The fourth-order valence-electron chi connectivity index (χ4n) is 2.37. The van der Waals surface area contributed by atoms with E-state index in [0.29, 0.717) is 24.0 Å². The second-order valence-electron chi connectivity index (χ2n) is 6.38. The number of halogens is 3. The highest BCUT2D eigenvalue weighted by atomic mass is 79.9. The quantitative estimate of drug-likeness (QED) is 0.499. The number of nitrogens with one attached hydrogen (secondary N) is 1. The zero-order chi connectivity index (χ0) is 18.2. The molecule has 144 valence electrons. The Morgan fingerprint density at radius 1 is 1.12 bits per heavy atom. The van der Waals surface area contributed by atoms with Crippen molar-refractivity contribution >= 4 is 28.3 Å². The van der Waals surface area contributed by atoms with Crippen molar-refractivity contribution in [2.75, 3.05) is 13.7 Å². The van der Waals surface area contributed by atoms with Crippen molar-refractivity contribution in [2.45, 2.75) is 33.4 Å². The van der Waals surface area contributed by atoms with E-state index in [1.54, 1.807) is 19.2 Å². The standard InChI is InChI=1S/C20H25BrFNO2.ClH/c1-14(2)8-9-23-12-16-10-18(21)20(19(11-16)24-3)25-13-15-4-6-17(22)7-5-15;/h4-7,10-11,14,23H,8-9,12-13H2,1-3H3;1H. The van der Waals surface area contributed by atoms with Gasteiger partial charge < -0.3 is 14.8 Å². The summed E-state index contributed by atoms with van der Waals surface area (Å²) in [4.78, 5) is 0. The Bertz CT molecular complexity index is 680. The first kappa shape index (κ1) is 22.7. The lowest BCUT2D eigenvalue weighted by molar-refractivity contribution is 0.282. The van der Waals surface area contributed by atoms with Crippen LogP contribution in [-0.4, -0.2) is 13.7 Å². The predicted molar refractivity (Wildman–Crippen MR) is 110 cm³/mol. The van der Waals surface area contributed by atoms with Crippen LogP contribution in [0.1, 0.15) is 31.4 Å². The molecule has 0 saturated heterocycles. The molecule has 0 aliphatic carbocycles. The molecule has 3 nitrogen and oxygen atoms in total. The Kier molecular flexibility index (Phi) is 9.99. The van der Waals surface area contributed by atoms with E-state index in [9.17, 15) is 4.39 Å². The van der Waals surface area contributed by atoms with Crippen LogP contribution in [0.3, 0.4) is 0 Å². The molecule has 0 saturated carbocycles. The monoisotopic (exact) mass is 445 g/mol. The first-order valence-electron chi connectivity index (χ1n) is 8.44. The van der Waals surface area contributed by atoms with Crippen molar-refractivity contribution in [3.05, 3.63) is 57.8 Å². The zero-order valence-corrected chi connectivity index (χ0v) is 17.8. The largest absolute Gasteiger partial charge is 0.493 e. The molecule has 0 aromatic heterocycles. The maximum absolute atomic E-state index is 13.0. The normalized spacial score (nSPS) is 10.5. The van der Waals surface area contributed by atoms with E-state index in [1.807, 2.05) is 12.1 Å². The number of rotatable bonds is 9. The van der Waals surface area contributed by atoms with Gasteiger partial charge in [-0.15, -0.1) is 12.4 Å². The highest BCUT2D eigenvalue weighted by Crippen LogP contribution is 2.37. The third-order valence-corrected chi connectivity index (χ3v) is 4.40. The van der Waals surface area contributed by atoms with Crippen LogP contribution in [0.2, 0.25) is 0 Å². The van der Waals surface area contributed by atoms with Crippen LogP contribution in [0.15, 0.2) is 40.9 Å². The number of methoxy groups -OCH3 is 1. The van der Waals surface area contributed by atoms with Crippen molar-refractivity contribution in [3.63, 3.8) is 0 Å². The fourth-order valence-corrected chi connectivity index (χ4v) is 2.98. The Morgan fingerprint density at radius 3 is 2.42 bits per heavy atom. The Labute approximate surface area is 169 Å². The van der Waals surface area contributed by atoms with E-state index in [-0.39, 0.29) is 18.2 Å². The van der Waals surface area contributed by atoms with Crippen molar-refractivity contribution in [3.8, 4) is 11.5 Å². The molecule has 2 rings (SSSR count). The molecule has 0 unspecified atom stereocenters. The van der Waals surface area contributed by atoms with Crippen LogP contribution in [0.4, 0.5) is 4.39 Å². The molecule has 2 aromatic rings. The maximum atomic E-state index is 13.0. The summed E-state index contributed by atoms with van der Waals surface area (Å²) in [7, 11) is 1.63. The molecule has 6 heteroatoms. The highest BCUT2D eigenvalue weighted by molar-refractivity contribution is 9.10. The summed E-state index contributed by atoms with van der Waals surface area (Å²) < 4.78 is 25.2. The van der Waals surface area contributed by atoms with Gasteiger partial charge in [-0.05, 0) is 70.2 Å². The molecule has 0 aliphatic heterocycles. The number of ether oxygens (including phenoxy) is 2. The SMILES string of the molecule is COc1cc(CNCCC(C)C)cc(Br)c1OCc1ccc(F)cc1.Cl. The molecule has 0 bridgehead atoms. The van der Waals surface area contributed by atoms with Gasteiger partial charge in [-0.2, -0.15) is 0 Å². The summed E-state index contributed by atoms with van der Waals surface area (Å²) in [6.45, 7) is 6.55. The van der Waals surface area contributed by atoms with Crippen molar-refractivity contribution in [2.24, 2.45) is 5.92 Å². The lowest BCUT2D eigenvalue weighted by atomic mass is 10.1. The Morgan fingerprint density at radius 2 is 1.81 bits per heavy atom. The lowest BCUT2D eigenvalue weighted by Crippen LogP contribution is -2.16. The average Bonchev–Trinajstić information content (AvgIpc) is 2.58. The van der Waals surface area contributed by atoms with E-state index in [1.165, 1.54) is 12.1 Å². The molecule has 0 fully saturated rings. The Hall–Kier alpha value is -1.30. The molecule has 0 aliphatic rings. The number of hydrogen-bond acceptors (Lipinski definition) is 3. The van der Waals surface area contributed by atoms with E-state index in [2.05, 4.69) is 35.1 Å². The van der Waals surface area contributed by atoms with E-state index < -0.39 is 0 Å². The second kappa shape index (κ2) is 11.4.